The van der Waals surface area contributed by atoms with Gasteiger partial charge in [-0.2, -0.15) is 0 Å². The Bertz CT molecular complexity index is 1320. The Morgan fingerprint density at radius 2 is 1.67 bits per heavy atom. The van der Waals surface area contributed by atoms with Gasteiger partial charge in [0.1, 0.15) is 5.75 Å². The van der Waals surface area contributed by atoms with E-state index in [1.807, 2.05) is 71.6 Å². The minimum Gasteiger partial charge on any atom is -0.497 e. The van der Waals surface area contributed by atoms with Crippen LogP contribution in [-0.4, -0.2) is 60.5 Å². The van der Waals surface area contributed by atoms with Gasteiger partial charge in [0.25, 0.3) is 5.91 Å². The van der Waals surface area contributed by atoms with Gasteiger partial charge in [-0.3, -0.25) is 9.69 Å². The van der Waals surface area contributed by atoms with Crippen LogP contribution in [-0.2, 0) is 0 Å². The summed E-state index contributed by atoms with van der Waals surface area (Å²) in [4.78, 5) is 22.2. The van der Waals surface area contributed by atoms with Crippen LogP contribution in [0, 0.1) is 0 Å². The van der Waals surface area contributed by atoms with Crippen molar-refractivity contribution in [2.45, 2.75) is 0 Å². The molecule has 6 nitrogen and oxygen atoms in total. The molecular weight excluding hydrogens is 450 g/mol. The molecule has 0 radical (unpaired) electrons. The molecule has 1 aromatic heterocycles. The number of methoxy groups -OCH3 is 1. The Morgan fingerprint density at radius 3 is 2.42 bits per heavy atom. The molecule has 1 aliphatic heterocycles. The minimum absolute atomic E-state index is 0.00859. The Hall–Kier alpha value is -4.16. The lowest BCUT2D eigenvalue weighted by Gasteiger charge is -2.34. The van der Waals surface area contributed by atoms with E-state index >= 15 is 0 Å². The van der Waals surface area contributed by atoms with E-state index in [0.717, 1.165) is 30.9 Å². The average Bonchev–Trinajstić information content (AvgIpc) is 3.44. The monoisotopic (exact) mass is 479 g/mol. The van der Waals surface area contributed by atoms with E-state index in [-0.39, 0.29) is 5.91 Å². The number of amides is 1. The summed E-state index contributed by atoms with van der Waals surface area (Å²) in [6.45, 7) is 3.93. The molecule has 2 heterocycles. The number of rotatable bonds is 7. The van der Waals surface area contributed by atoms with Gasteiger partial charge >= 0.3 is 0 Å². The number of ether oxygens (including phenoxy) is 1. The number of hydrogen-bond acceptors (Lipinski definition) is 5. The second-order valence-electron chi connectivity index (χ2n) is 8.71. The third-order valence-electron chi connectivity index (χ3n) is 6.40. The first-order valence-electron chi connectivity index (χ1n) is 12.1. The van der Waals surface area contributed by atoms with Crippen molar-refractivity contribution >= 4 is 12.0 Å². The lowest BCUT2D eigenvalue weighted by atomic mass is 10.1. The number of nitrogens with zero attached hydrogens (tertiary/aromatic N) is 3. The number of oxazole rings is 1. The normalized spacial score (nSPS) is 14.3. The van der Waals surface area contributed by atoms with Crippen LogP contribution in [0.25, 0.3) is 28.9 Å². The molecule has 3 aromatic carbocycles. The summed E-state index contributed by atoms with van der Waals surface area (Å²) in [6, 6.07) is 25.4. The van der Waals surface area contributed by atoms with Gasteiger partial charge in [-0.05, 0) is 42.0 Å². The van der Waals surface area contributed by atoms with Gasteiger partial charge in [-0.25, -0.2) is 4.98 Å². The third-order valence-corrected chi connectivity index (χ3v) is 6.40. The summed E-state index contributed by atoms with van der Waals surface area (Å²) in [5.41, 5.74) is 3.41. The van der Waals surface area contributed by atoms with Gasteiger partial charge in [0.15, 0.2) is 5.76 Å². The molecule has 4 aromatic rings. The summed E-state index contributed by atoms with van der Waals surface area (Å²) in [6.07, 6.45) is 6.02. The molecule has 0 N–H and O–H groups in total. The molecule has 6 heteroatoms. The van der Waals surface area contributed by atoms with Crippen molar-refractivity contribution in [1.82, 2.24) is 14.8 Å². The van der Waals surface area contributed by atoms with Crippen molar-refractivity contribution in [1.29, 1.82) is 0 Å². The molecule has 0 aliphatic carbocycles. The summed E-state index contributed by atoms with van der Waals surface area (Å²) < 4.78 is 11.3. The largest absolute Gasteiger partial charge is 0.497 e. The summed E-state index contributed by atoms with van der Waals surface area (Å²) in [7, 11) is 1.64. The number of aromatic nitrogens is 1. The molecular formula is C30H29N3O3. The van der Waals surface area contributed by atoms with Crippen molar-refractivity contribution in [3.63, 3.8) is 0 Å². The lowest BCUT2D eigenvalue weighted by molar-refractivity contribution is 0.0651. The van der Waals surface area contributed by atoms with Crippen molar-refractivity contribution in [2.75, 3.05) is 39.8 Å². The molecule has 1 fully saturated rings. The molecule has 0 spiro atoms. The summed E-state index contributed by atoms with van der Waals surface area (Å²) >= 11 is 0. The molecule has 1 amide bonds. The highest BCUT2D eigenvalue weighted by molar-refractivity contribution is 6.00. The van der Waals surface area contributed by atoms with Gasteiger partial charge in [0.2, 0.25) is 5.89 Å². The first-order valence-corrected chi connectivity index (χ1v) is 12.1. The third kappa shape index (κ3) is 5.39. The zero-order valence-electron chi connectivity index (χ0n) is 20.3. The first kappa shape index (κ1) is 23.6. The van der Waals surface area contributed by atoms with Crippen LogP contribution in [0.5, 0.6) is 5.75 Å². The SMILES string of the molecule is COc1ccc(-c2cnc(-c3ccccc3C(=O)N3CCN(C/C=C/c4ccccc4)CC3)o2)cc1. The summed E-state index contributed by atoms with van der Waals surface area (Å²) in [5, 5.41) is 0. The number of piperazine rings is 1. The summed E-state index contributed by atoms with van der Waals surface area (Å²) in [5.74, 6) is 1.87. The fourth-order valence-electron chi connectivity index (χ4n) is 4.35. The molecule has 1 saturated heterocycles. The first-order chi connectivity index (χ1) is 17.7. The zero-order chi connectivity index (χ0) is 24.7. The maximum Gasteiger partial charge on any atom is 0.254 e. The van der Waals surface area contributed by atoms with E-state index in [4.69, 9.17) is 9.15 Å². The van der Waals surface area contributed by atoms with Gasteiger partial charge in [-0.1, -0.05) is 54.6 Å². The number of benzene rings is 3. The Morgan fingerprint density at radius 1 is 0.944 bits per heavy atom. The van der Waals surface area contributed by atoms with Gasteiger partial charge in [0.05, 0.1) is 18.9 Å². The zero-order valence-corrected chi connectivity index (χ0v) is 20.3. The van der Waals surface area contributed by atoms with Crippen LogP contribution in [0.2, 0.25) is 0 Å². The van der Waals surface area contributed by atoms with Crippen LogP contribution in [0.1, 0.15) is 15.9 Å². The van der Waals surface area contributed by atoms with Crippen LogP contribution in [0.4, 0.5) is 0 Å². The Labute approximate surface area is 211 Å². The smallest absolute Gasteiger partial charge is 0.254 e. The maximum absolute atomic E-state index is 13.5. The molecule has 5 rings (SSSR count). The van der Waals surface area contributed by atoms with E-state index in [1.54, 1.807) is 13.3 Å². The van der Waals surface area contributed by atoms with Crippen LogP contribution in [0.3, 0.4) is 0 Å². The highest BCUT2D eigenvalue weighted by Gasteiger charge is 2.25. The topological polar surface area (TPSA) is 58.8 Å². The van der Waals surface area contributed by atoms with Crippen LogP contribution >= 0.6 is 0 Å². The quantitative estimate of drug-likeness (QED) is 0.351. The van der Waals surface area contributed by atoms with Crippen molar-refractivity contribution < 1.29 is 13.9 Å². The second-order valence-corrected chi connectivity index (χ2v) is 8.71. The molecule has 1 aliphatic rings. The fourth-order valence-corrected chi connectivity index (χ4v) is 4.35. The second kappa shape index (κ2) is 11.1. The van der Waals surface area contributed by atoms with E-state index in [0.29, 0.717) is 35.9 Å². The molecule has 0 saturated carbocycles. The van der Waals surface area contributed by atoms with Crippen LogP contribution in [0.15, 0.2) is 95.6 Å². The van der Waals surface area contributed by atoms with Gasteiger partial charge < -0.3 is 14.1 Å². The van der Waals surface area contributed by atoms with Gasteiger partial charge in [-0.15, -0.1) is 0 Å². The molecule has 0 atom stereocenters. The Balaban J connectivity index is 1.24. The molecule has 36 heavy (non-hydrogen) atoms. The van der Waals surface area contributed by atoms with E-state index < -0.39 is 0 Å². The standard InChI is InChI=1S/C30H29N3O3/c1-35-25-15-13-24(14-16-25)28-22-31-29(36-28)26-11-5-6-12-27(26)30(34)33-20-18-32(19-21-33)17-7-10-23-8-3-2-4-9-23/h2-16,22H,17-21H2,1H3/b10-7+. The molecule has 182 valence electrons. The number of hydrogen-bond donors (Lipinski definition) is 0. The number of carbonyl (C=O) groups excluding carboxylic acids is 1. The van der Waals surface area contributed by atoms with Crippen molar-refractivity contribution in [3.05, 3.63) is 102 Å². The lowest BCUT2D eigenvalue weighted by Crippen LogP contribution is -2.48. The van der Waals surface area contributed by atoms with Crippen molar-refractivity contribution in [3.8, 4) is 28.5 Å². The van der Waals surface area contributed by atoms with Gasteiger partial charge in [0, 0.05) is 43.9 Å². The van der Waals surface area contributed by atoms with E-state index in [1.165, 1.54) is 5.56 Å². The molecule has 0 unspecified atom stereocenters. The number of carbonyl (C=O) groups is 1. The predicted molar refractivity (Wildman–Crippen MR) is 142 cm³/mol. The molecule has 0 bridgehead atoms. The highest BCUT2D eigenvalue weighted by atomic mass is 16.5. The predicted octanol–water partition coefficient (Wildman–Crippen LogP) is 5.49. The minimum atomic E-state index is 0.00859. The highest BCUT2D eigenvalue weighted by Crippen LogP contribution is 2.30. The van der Waals surface area contributed by atoms with Crippen LogP contribution < -0.4 is 4.74 Å². The fraction of sp³-hybridized carbons (Fsp3) is 0.200. The van der Waals surface area contributed by atoms with E-state index in [9.17, 15) is 4.79 Å². The Kier molecular flexibility index (Phi) is 7.24. The van der Waals surface area contributed by atoms with E-state index in [2.05, 4.69) is 34.2 Å². The average molecular weight is 480 g/mol. The maximum atomic E-state index is 13.5. The van der Waals surface area contributed by atoms with Crippen molar-refractivity contribution in [2.24, 2.45) is 0 Å².